The zero-order chi connectivity index (χ0) is 13.1. The molecule has 0 fully saturated rings. The van der Waals surface area contributed by atoms with Crippen LogP contribution < -0.4 is 10.6 Å². The summed E-state index contributed by atoms with van der Waals surface area (Å²) in [5.41, 5.74) is 8.19. The maximum absolute atomic E-state index is 12.3. The number of amides is 1. The molecule has 2 N–H and O–H groups in total. The smallest absolute Gasteiger partial charge is 0.243 e. The average molecular weight is 366 g/mol. The molecule has 0 radical (unpaired) electrons. The van der Waals surface area contributed by atoms with Crippen LogP contribution in [0.3, 0.4) is 0 Å². The van der Waals surface area contributed by atoms with Gasteiger partial charge in [-0.05, 0) is 48.6 Å². The second kappa shape index (κ2) is 7.53. The van der Waals surface area contributed by atoms with E-state index in [9.17, 15) is 4.79 Å². The molecule has 0 aliphatic carbocycles. The minimum Gasteiger partial charge on any atom is -0.320 e. The van der Waals surface area contributed by atoms with Crippen LogP contribution in [0.1, 0.15) is 12.0 Å². The van der Waals surface area contributed by atoms with Crippen molar-refractivity contribution in [2.75, 3.05) is 23.5 Å². The van der Waals surface area contributed by atoms with E-state index in [1.165, 1.54) is 5.56 Å². The molecule has 0 saturated carbocycles. The molecule has 0 bridgehead atoms. The predicted molar refractivity (Wildman–Crippen MR) is 88.4 cm³/mol. The van der Waals surface area contributed by atoms with Gasteiger partial charge in [-0.2, -0.15) is 11.8 Å². The highest BCUT2D eigenvalue weighted by Crippen LogP contribution is 2.30. The summed E-state index contributed by atoms with van der Waals surface area (Å²) in [5.74, 6) is 0.971. The maximum Gasteiger partial charge on any atom is 0.243 e. The van der Waals surface area contributed by atoms with Crippen molar-refractivity contribution in [1.29, 1.82) is 0 Å². The molecule has 1 aromatic rings. The lowest BCUT2D eigenvalue weighted by atomic mass is 10.1. The molecule has 0 spiro atoms. The number of carbonyl (C=O) groups excluding carboxylic acids is 1. The molecule has 2 rings (SSSR count). The van der Waals surface area contributed by atoms with Crippen molar-refractivity contribution in [3.63, 3.8) is 0 Å². The third kappa shape index (κ3) is 3.88. The van der Waals surface area contributed by atoms with Crippen molar-refractivity contribution in [3.05, 3.63) is 28.2 Å². The van der Waals surface area contributed by atoms with Gasteiger partial charge < -0.3 is 10.6 Å². The molecule has 19 heavy (non-hydrogen) atoms. The van der Waals surface area contributed by atoms with E-state index in [0.29, 0.717) is 0 Å². The van der Waals surface area contributed by atoms with Gasteiger partial charge in [-0.25, -0.2) is 0 Å². The number of anilines is 1. The monoisotopic (exact) mass is 364 g/mol. The SMILES string of the molecule is CSCC[C@H](N)C(=O)N1CCc2cc(Br)ccc21.Cl. The van der Waals surface area contributed by atoms with Crippen LogP contribution >= 0.6 is 40.1 Å². The van der Waals surface area contributed by atoms with Crippen LogP contribution in [0, 0.1) is 0 Å². The van der Waals surface area contributed by atoms with Crippen LogP contribution in [0.25, 0.3) is 0 Å². The predicted octanol–water partition coefficient (Wildman–Crippen LogP) is 2.84. The van der Waals surface area contributed by atoms with Crippen LogP contribution in [0.2, 0.25) is 0 Å². The average Bonchev–Trinajstić information content (AvgIpc) is 2.77. The second-order valence-electron chi connectivity index (χ2n) is 4.40. The van der Waals surface area contributed by atoms with Gasteiger partial charge in [0.25, 0.3) is 0 Å². The highest BCUT2D eigenvalue weighted by molar-refractivity contribution is 9.10. The van der Waals surface area contributed by atoms with Gasteiger partial charge >= 0.3 is 0 Å². The summed E-state index contributed by atoms with van der Waals surface area (Å²) in [7, 11) is 0. The van der Waals surface area contributed by atoms with E-state index in [1.54, 1.807) is 11.8 Å². The number of hydrogen-bond acceptors (Lipinski definition) is 3. The molecule has 0 aromatic heterocycles. The quantitative estimate of drug-likeness (QED) is 0.892. The highest BCUT2D eigenvalue weighted by Gasteiger charge is 2.27. The molecule has 6 heteroatoms. The van der Waals surface area contributed by atoms with Gasteiger partial charge in [0.2, 0.25) is 5.91 Å². The Morgan fingerprint density at radius 1 is 1.58 bits per heavy atom. The first-order chi connectivity index (χ1) is 8.63. The van der Waals surface area contributed by atoms with E-state index >= 15 is 0 Å². The Bertz CT molecular complexity index is 458. The number of carbonyl (C=O) groups is 1. The van der Waals surface area contributed by atoms with Crippen molar-refractivity contribution in [2.24, 2.45) is 5.73 Å². The molecule has 0 unspecified atom stereocenters. The zero-order valence-corrected chi connectivity index (χ0v) is 14.0. The largest absolute Gasteiger partial charge is 0.320 e. The van der Waals surface area contributed by atoms with Gasteiger partial charge in [0.1, 0.15) is 0 Å². The Labute approximate surface area is 132 Å². The van der Waals surface area contributed by atoms with Crippen LogP contribution in [0.15, 0.2) is 22.7 Å². The van der Waals surface area contributed by atoms with E-state index in [4.69, 9.17) is 5.73 Å². The Morgan fingerprint density at radius 3 is 3.00 bits per heavy atom. The summed E-state index contributed by atoms with van der Waals surface area (Å²) in [5, 5.41) is 0. The summed E-state index contributed by atoms with van der Waals surface area (Å²) < 4.78 is 1.06. The van der Waals surface area contributed by atoms with Gasteiger partial charge in [-0.15, -0.1) is 12.4 Å². The summed E-state index contributed by atoms with van der Waals surface area (Å²) in [4.78, 5) is 14.1. The first-order valence-electron chi connectivity index (χ1n) is 5.98. The van der Waals surface area contributed by atoms with Crippen molar-refractivity contribution in [2.45, 2.75) is 18.9 Å². The standard InChI is InChI=1S/C13H17BrN2OS.ClH/c1-18-7-5-11(15)13(17)16-6-4-9-8-10(14)2-3-12(9)16;/h2-3,8,11H,4-7,15H2,1H3;1H/t11-;/m0./s1. The number of benzene rings is 1. The minimum atomic E-state index is -0.382. The summed E-state index contributed by atoms with van der Waals surface area (Å²) >= 11 is 5.17. The molecule has 1 heterocycles. The molecular formula is C13H18BrClN2OS. The molecule has 1 amide bonds. The summed E-state index contributed by atoms with van der Waals surface area (Å²) in [6.07, 6.45) is 3.68. The zero-order valence-electron chi connectivity index (χ0n) is 10.8. The lowest BCUT2D eigenvalue weighted by Crippen LogP contribution is -2.43. The number of thioether (sulfide) groups is 1. The van der Waals surface area contributed by atoms with Crippen LogP contribution in [-0.4, -0.2) is 30.5 Å². The van der Waals surface area contributed by atoms with E-state index in [-0.39, 0.29) is 24.4 Å². The first-order valence-corrected chi connectivity index (χ1v) is 8.16. The lowest BCUT2D eigenvalue weighted by molar-refractivity contribution is -0.119. The number of nitrogens with zero attached hydrogens (tertiary/aromatic N) is 1. The topological polar surface area (TPSA) is 46.3 Å². The Kier molecular flexibility index (Phi) is 6.66. The van der Waals surface area contributed by atoms with E-state index in [0.717, 1.165) is 35.3 Å². The van der Waals surface area contributed by atoms with Gasteiger partial charge in [0.05, 0.1) is 6.04 Å². The summed E-state index contributed by atoms with van der Waals surface area (Å²) in [6, 6.07) is 5.66. The molecule has 3 nitrogen and oxygen atoms in total. The molecule has 106 valence electrons. The normalized spacial score (nSPS) is 14.8. The second-order valence-corrected chi connectivity index (χ2v) is 6.30. The van der Waals surface area contributed by atoms with Crippen molar-refractivity contribution in [1.82, 2.24) is 0 Å². The summed E-state index contributed by atoms with van der Waals surface area (Å²) in [6.45, 7) is 0.748. The van der Waals surface area contributed by atoms with Crippen LogP contribution in [0.4, 0.5) is 5.69 Å². The molecule has 1 aliphatic heterocycles. The number of fused-ring (bicyclic) bond motifs is 1. The number of hydrogen-bond donors (Lipinski definition) is 1. The van der Waals surface area contributed by atoms with Crippen LogP contribution in [-0.2, 0) is 11.2 Å². The van der Waals surface area contributed by atoms with Gasteiger partial charge in [-0.3, -0.25) is 4.79 Å². The van der Waals surface area contributed by atoms with E-state index in [2.05, 4.69) is 22.0 Å². The Balaban J connectivity index is 0.00000180. The van der Waals surface area contributed by atoms with Gasteiger partial charge in [0.15, 0.2) is 0 Å². The van der Waals surface area contributed by atoms with Gasteiger partial charge in [-0.1, -0.05) is 15.9 Å². The van der Waals surface area contributed by atoms with Gasteiger partial charge in [0, 0.05) is 16.7 Å². The molecule has 1 aromatic carbocycles. The maximum atomic E-state index is 12.3. The van der Waals surface area contributed by atoms with Crippen molar-refractivity contribution < 1.29 is 4.79 Å². The lowest BCUT2D eigenvalue weighted by Gasteiger charge is -2.21. The fourth-order valence-corrected chi connectivity index (χ4v) is 3.07. The van der Waals surface area contributed by atoms with E-state index < -0.39 is 0 Å². The Hall–Kier alpha value is -0.230. The minimum absolute atomic E-state index is 0. The van der Waals surface area contributed by atoms with E-state index in [1.807, 2.05) is 23.3 Å². The fourth-order valence-electron chi connectivity index (χ4n) is 2.17. The molecule has 0 saturated heterocycles. The molecule has 1 atom stereocenters. The number of rotatable bonds is 4. The third-order valence-electron chi connectivity index (χ3n) is 3.15. The van der Waals surface area contributed by atoms with Crippen molar-refractivity contribution >= 4 is 51.7 Å². The number of nitrogens with two attached hydrogens (primary N) is 1. The van der Waals surface area contributed by atoms with Crippen LogP contribution in [0.5, 0.6) is 0 Å². The molecule has 1 aliphatic rings. The highest BCUT2D eigenvalue weighted by atomic mass is 79.9. The fraction of sp³-hybridized carbons (Fsp3) is 0.462. The third-order valence-corrected chi connectivity index (χ3v) is 4.29. The Morgan fingerprint density at radius 2 is 2.32 bits per heavy atom. The van der Waals surface area contributed by atoms with Crippen molar-refractivity contribution in [3.8, 4) is 0 Å². The molecular weight excluding hydrogens is 348 g/mol. The number of halogens is 2. The first kappa shape index (κ1) is 16.8.